The van der Waals surface area contributed by atoms with Crippen molar-refractivity contribution in [2.75, 3.05) is 20.7 Å². The molecule has 1 aliphatic heterocycles. The summed E-state index contributed by atoms with van der Waals surface area (Å²) in [5, 5.41) is 10.1. The van der Waals surface area contributed by atoms with E-state index in [2.05, 4.69) is 25.7 Å². The van der Waals surface area contributed by atoms with E-state index in [1.54, 1.807) is 14.2 Å². The molecule has 22 heavy (non-hydrogen) atoms. The lowest BCUT2D eigenvalue weighted by atomic mass is 10.1. The van der Waals surface area contributed by atoms with E-state index in [0.29, 0.717) is 24.9 Å². The van der Waals surface area contributed by atoms with Crippen LogP contribution >= 0.6 is 24.0 Å². The van der Waals surface area contributed by atoms with Crippen molar-refractivity contribution >= 4 is 29.9 Å². The van der Waals surface area contributed by atoms with Crippen LogP contribution in [0.25, 0.3) is 0 Å². The van der Waals surface area contributed by atoms with Gasteiger partial charge in [0.15, 0.2) is 11.8 Å². The second kappa shape index (κ2) is 9.18. The zero-order chi connectivity index (χ0) is 15.2. The molecule has 0 bridgehead atoms. The fourth-order valence-corrected chi connectivity index (χ4v) is 2.23. The molecule has 126 valence electrons. The lowest BCUT2D eigenvalue weighted by molar-refractivity contribution is 0.152. The van der Waals surface area contributed by atoms with Crippen molar-refractivity contribution in [2.45, 2.75) is 38.5 Å². The first kappa shape index (κ1) is 19.0. The maximum Gasteiger partial charge on any atom is 0.255 e. The summed E-state index contributed by atoms with van der Waals surface area (Å²) in [6.07, 6.45) is -0.783. The molecule has 0 spiro atoms. The van der Waals surface area contributed by atoms with E-state index >= 15 is 0 Å². The van der Waals surface area contributed by atoms with Crippen molar-refractivity contribution in [2.24, 2.45) is 4.99 Å². The molecule has 0 radical (unpaired) electrons. The van der Waals surface area contributed by atoms with Crippen LogP contribution < -0.4 is 10.6 Å². The highest BCUT2D eigenvalue weighted by atomic mass is 127. The van der Waals surface area contributed by atoms with E-state index < -0.39 is 13.0 Å². The number of aryl methyl sites for hydroxylation is 1. The standard InChI is InChI=1S/C12H20F2N6O.HI/c1-15-12(16-5-9(13)14)17-8-3-4-11-18-10(7-21-2)19-20(11)6-8;/h8-9H,3-7H2,1-2H3,(H2,15,16,17);1H. The van der Waals surface area contributed by atoms with Gasteiger partial charge in [-0.1, -0.05) is 0 Å². The van der Waals surface area contributed by atoms with E-state index in [1.165, 1.54) is 0 Å². The Balaban J connectivity index is 0.00000242. The number of ether oxygens (including phenoxy) is 1. The Labute approximate surface area is 144 Å². The summed E-state index contributed by atoms with van der Waals surface area (Å²) in [6, 6.07) is 0.0819. The van der Waals surface area contributed by atoms with Crippen LogP contribution in [0.1, 0.15) is 18.1 Å². The first-order chi connectivity index (χ1) is 10.1. The van der Waals surface area contributed by atoms with Gasteiger partial charge in [-0.3, -0.25) is 4.99 Å². The highest BCUT2D eigenvalue weighted by Gasteiger charge is 2.22. The number of rotatable bonds is 5. The van der Waals surface area contributed by atoms with Gasteiger partial charge < -0.3 is 15.4 Å². The molecule has 2 heterocycles. The number of alkyl halides is 2. The smallest absolute Gasteiger partial charge is 0.255 e. The lowest BCUT2D eigenvalue weighted by Gasteiger charge is -2.25. The number of halogens is 3. The van der Waals surface area contributed by atoms with Gasteiger partial charge in [-0.15, -0.1) is 24.0 Å². The second-order valence-electron chi connectivity index (χ2n) is 4.78. The molecule has 0 saturated heterocycles. The number of hydrogen-bond donors (Lipinski definition) is 2. The van der Waals surface area contributed by atoms with Gasteiger partial charge in [0.05, 0.1) is 13.1 Å². The van der Waals surface area contributed by atoms with Crippen LogP contribution in [0.5, 0.6) is 0 Å². The van der Waals surface area contributed by atoms with Crippen molar-refractivity contribution in [1.29, 1.82) is 0 Å². The Hall–Kier alpha value is -1.04. The minimum absolute atomic E-state index is 0. The molecule has 2 N–H and O–H groups in total. The number of methoxy groups -OCH3 is 1. The Bertz CT molecular complexity index is 496. The van der Waals surface area contributed by atoms with Crippen molar-refractivity contribution in [3.05, 3.63) is 11.6 Å². The molecule has 1 aromatic rings. The summed E-state index contributed by atoms with van der Waals surface area (Å²) < 4.78 is 31.2. The SMILES string of the molecule is CN=C(NCC(F)F)NC1CCc2nc(COC)nn2C1.I. The molecule has 1 aromatic heterocycles. The average Bonchev–Trinajstić information content (AvgIpc) is 2.85. The van der Waals surface area contributed by atoms with Crippen LogP contribution in [0.15, 0.2) is 4.99 Å². The Morgan fingerprint density at radius 3 is 2.95 bits per heavy atom. The molecule has 0 saturated carbocycles. The zero-order valence-corrected chi connectivity index (χ0v) is 14.9. The summed E-state index contributed by atoms with van der Waals surface area (Å²) >= 11 is 0. The number of hydrogen-bond acceptors (Lipinski definition) is 4. The first-order valence-corrected chi connectivity index (χ1v) is 6.79. The summed E-state index contributed by atoms with van der Waals surface area (Å²) in [5.41, 5.74) is 0. The highest BCUT2D eigenvalue weighted by Crippen LogP contribution is 2.13. The van der Waals surface area contributed by atoms with Crippen LogP contribution in [-0.2, 0) is 24.3 Å². The normalized spacial score (nSPS) is 17.9. The number of guanidine groups is 1. The minimum atomic E-state index is -2.41. The van der Waals surface area contributed by atoms with E-state index in [-0.39, 0.29) is 30.0 Å². The predicted molar refractivity (Wildman–Crippen MR) is 88.8 cm³/mol. The molecule has 10 heteroatoms. The molecule has 7 nitrogen and oxygen atoms in total. The predicted octanol–water partition coefficient (Wildman–Crippen LogP) is 0.787. The third kappa shape index (κ3) is 5.30. The number of aromatic nitrogens is 3. The quantitative estimate of drug-likeness (QED) is 0.411. The molecule has 0 aliphatic carbocycles. The van der Waals surface area contributed by atoms with Crippen molar-refractivity contribution in [3.8, 4) is 0 Å². The van der Waals surface area contributed by atoms with E-state index in [1.807, 2.05) is 4.68 Å². The minimum Gasteiger partial charge on any atom is -0.377 e. The third-order valence-corrected chi connectivity index (χ3v) is 3.16. The Morgan fingerprint density at radius 1 is 1.55 bits per heavy atom. The summed E-state index contributed by atoms with van der Waals surface area (Å²) in [4.78, 5) is 8.33. The molecular weight excluding hydrogens is 409 g/mol. The van der Waals surface area contributed by atoms with Gasteiger partial charge >= 0.3 is 0 Å². The third-order valence-electron chi connectivity index (χ3n) is 3.16. The maximum atomic E-state index is 12.2. The van der Waals surface area contributed by atoms with Gasteiger partial charge in [0.1, 0.15) is 12.4 Å². The number of nitrogens with one attached hydrogen (secondary N) is 2. The Kier molecular flexibility index (Phi) is 7.93. The van der Waals surface area contributed by atoms with Gasteiger partial charge in [0.25, 0.3) is 6.43 Å². The fraction of sp³-hybridized carbons (Fsp3) is 0.750. The van der Waals surface area contributed by atoms with Gasteiger partial charge in [-0.2, -0.15) is 5.10 Å². The molecule has 1 atom stereocenters. The fourth-order valence-electron chi connectivity index (χ4n) is 2.23. The lowest BCUT2D eigenvalue weighted by Crippen LogP contribution is -2.48. The van der Waals surface area contributed by atoms with E-state index in [9.17, 15) is 8.78 Å². The highest BCUT2D eigenvalue weighted by molar-refractivity contribution is 14.0. The molecule has 1 unspecified atom stereocenters. The monoisotopic (exact) mass is 430 g/mol. The maximum absolute atomic E-state index is 12.2. The topological polar surface area (TPSA) is 76.4 Å². The van der Waals surface area contributed by atoms with E-state index in [4.69, 9.17) is 4.74 Å². The van der Waals surface area contributed by atoms with Gasteiger partial charge in [-0.25, -0.2) is 18.4 Å². The van der Waals surface area contributed by atoms with Crippen LogP contribution in [0.4, 0.5) is 8.78 Å². The number of fused-ring (bicyclic) bond motifs is 1. The van der Waals surface area contributed by atoms with Crippen molar-refractivity contribution < 1.29 is 13.5 Å². The van der Waals surface area contributed by atoms with Crippen LogP contribution in [0.2, 0.25) is 0 Å². The summed E-state index contributed by atoms with van der Waals surface area (Å²) in [7, 11) is 3.16. The largest absolute Gasteiger partial charge is 0.377 e. The molecule has 2 rings (SSSR count). The Morgan fingerprint density at radius 2 is 2.32 bits per heavy atom. The summed E-state index contributed by atoms with van der Waals surface area (Å²) in [5.74, 6) is 1.96. The molecule has 0 amide bonds. The van der Waals surface area contributed by atoms with Crippen LogP contribution in [0.3, 0.4) is 0 Å². The molecular formula is C12H21F2IN6O. The molecule has 0 aromatic carbocycles. The zero-order valence-electron chi connectivity index (χ0n) is 12.6. The van der Waals surface area contributed by atoms with Crippen molar-refractivity contribution in [1.82, 2.24) is 25.4 Å². The van der Waals surface area contributed by atoms with Crippen LogP contribution in [-0.4, -0.2) is 53.9 Å². The number of aliphatic imine (C=N–C) groups is 1. The number of nitrogens with zero attached hydrogens (tertiary/aromatic N) is 4. The van der Waals surface area contributed by atoms with E-state index in [0.717, 1.165) is 18.7 Å². The first-order valence-electron chi connectivity index (χ1n) is 6.79. The molecule has 1 aliphatic rings. The summed E-state index contributed by atoms with van der Waals surface area (Å²) in [6.45, 7) is 0.593. The van der Waals surface area contributed by atoms with Gasteiger partial charge in [0, 0.05) is 26.6 Å². The molecule has 0 fully saturated rings. The van der Waals surface area contributed by atoms with Gasteiger partial charge in [-0.05, 0) is 6.42 Å². The average molecular weight is 430 g/mol. The van der Waals surface area contributed by atoms with Crippen molar-refractivity contribution in [3.63, 3.8) is 0 Å². The second-order valence-corrected chi connectivity index (χ2v) is 4.78. The van der Waals surface area contributed by atoms with Crippen LogP contribution in [0, 0.1) is 0 Å². The van der Waals surface area contributed by atoms with Gasteiger partial charge in [0.2, 0.25) is 0 Å².